The second kappa shape index (κ2) is 5.83. The third-order valence-corrected chi connectivity index (χ3v) is 3.43. The minimum Gasteiger partial charge on any atom is -0.353 e. The van der Waals surface area contributed by atoms with E-state index in [2.05, 4.69) is 44.1 Å². The molecular formula is C13H20BrN3. The van der Waals surface area contributed by atoms with Crippen LogP contribution in [0.2, 0.25) is 0 Å². The maximum atomic E-state index is 4.62. The summed E-state index contributed by atoms with van der Waals surface area (Å²) in [5.41, 5.74) is 1.28. The van der Waals surface area contributed by atoms with E-state index in [0.717, 1.165) is 29.4 Å². The van der Waals surface area contributed by atoms with Crippen LogP contribution in [0.3, 0.4) is 0 Å². The largest absolute Gasteiger partial charge is 0.353 e. The molecule has 94 valence electrons. The number of hydrogen-bond donors (Lipinski definition) is 1. The van der Waals surface area contributed by atoms with Gasteiger partial charge >= 0.3 is 0 Å². The van der Waals surface area contributed by atoms with Gasteiger partial charge in [-0.3, -0.25) is 0 Å². The van der Waals surface area contributed by atoms with Gasteiger partial charge in [0.05, 0.1) is 0 Å². The Morgan fingerprint density at radius 2 is 2.29 bits per heavy atom. The van der Waals surface area contributed by atoms with Crippen molar-refractivity contribution < 1.29 is 0 Å². The first-order chi connectivity index (χ1) is 8.26. The van der Waals surface area contributed by atoms with Crippen LogP contribution in [0.25, 0.3) is 0 Å². The number of rotatable bonds is 6. The number of hydrogen-bond acceptors (Lipinski definition) is 3. The average molecular weight is 298 g/mol. The number of nitrogens with zero attached hydrogens (tertiary/aromatic N) is 2. The highest BCUT2D eigenvalue weighted by Gasteiger charge is 2.30. The van der Waals surface area contributed by atoms with Gasteiger partial charge in [-0.25, -0.2) is 4.98 Å². The summed E-state index contributed by atoms with van der Waals surface area (Å²) in [5.74, 6) is 1.16. The fraction of sp³-hybridized carbons (Fsp3) is 0.615. The van der Waals surface area contributed by atoms with Gasteiger partial charge in [0.25, 0.3) is 0 Å². The molecule has 17 heavy (non-hydrogen) atoms. The van der Waals surface area contributed by atoms with Gasteiger partial charge < -0.3 is 10.2 Å². The number of halogens is 1. The van der Waals surface area contributed by atoms with Gasteiger partial charge in [0.1, 0.15) is 5.82 Å². The lowest BCUT2D eigenvalue weighted by molar-refractivity contribution is 0.730. The van der Waals surface area contributed by atoms with Crippen molar-refractivity contribution in [3.63, 3.8) is 0 Å². The molecule has 1 heterocycles. The van der Waals surface area contributed by atoms with Crippen LogP contribution in [-0.2, 0) is 6.54 Å². The number of aromatic nitrogens is 1. The minimum absolute atomic E-state index is 0.722. The van der Waals surface area contributed by atoms with E-state index >= 15 is 0 Å². The molecule has 0 aromatic carbocycles. The normalized spacial score (nSPS) is 15.0. The van der Waals surface area contributed by atoms with E-state index in [9.17, 15) is 0 Å². The molecule has 1 saturated carbocycles. The summed E-state index contributed by atoms with van der Waals surface area (Å²) in [4.78, 5) is 7.09. The van der Waals surface area contributed by atoms with Crippen molar-refractivity contribution in [1.29, 1.82) is 0 Å². The highest BCUT2D eigenvalue weighted by atomic mass is 79.9. The van der Waals surface area contributed by atoms with Crippen molar-refractivity contribution in [3.8, 4) is 0 Å². The van der Waals surface area contributed by atoms with Crippen LogP contribution >= 0.6 is 15.9 Å². The van der Waals surface area contributed by atoms with Crippen LogP contribution in [0.5, 0.6) is 0 Å². The lowest BCUT2D eigenvalue weighted by Gasteiger charge is -2.25. The Labute approximate surface area is 112 Å². The zero-order chi connectivity index (χ0) is 12.3. The third-order valence-electron chi connectivity index (χ3n) is 3.00. The highest BCUT2D eigenvalue weighted by molar-refractivity contribution is 9.10. The smallest absolute Gasteiger partial charge is 0.133 e. The van der Waals surface area contributed by atoms with Gasteiger partial charge in [0.2, 0.25) is 0 Å². The fourth-order valence-corrected chi connectivity index (χ4v) is 2.52. The van der Waals surface area contributed by atoms with Crippen molar-refractivity contribution in [3.05, 3.63) is 22.3 Å². The Bertz CT molecular complexity index is 377. The zero-order valence-electron chi connectivity index (χ0n) is 10.5. The van der Waals surface area contributed by atoms with E-state index in [1.54, 1.807) is 0 Å². The molecule has 2 rings (SSSR count). The lowest BCUT2D eigenvalue weighted by atomic mass is 10.2. The molecule has 0 amide bonds. The average Bonchev–Trinajstić information content (AvgIpc) is 3.11. The molecular weight excluding hydrogens is 278 g/mol. The van der Waals surface area contributed by atoms with E-state index in [1.165, 1.54) is 24.8 Å². The molecule has 0 atom stereocenters. The number of anilines is 1. The van der Waals surface area contributed by atoms with E-state index in [-0.39, 0.29) is 0 Å². The van der Waals surface area contributed by atoms with Crippen LogP contribution < -0.4 is 10.2 Å². The maximum Gasteiger partial charge on any atom is 0.133 e. The predicted molar refractivity (Wildman–Crippen MR) is 75.4 cm³/mol. The molecule has 0 bridgehead atoms. The molecule has 0 saturated heterocycles. The first-order valence-corrected chi connectivity index (χ1v) is 7.11. The van der Waals surface area contributed by atoms with Crippen LogP contribution in [-0.4, -0.2) is 24.6 Å². The molecule has 0 spiro atoms. The lowest BCUT2D eigenvalue weighted by Crippen LogP contribution is -2.29. The van der Waals surface area contributed by atoms with Crippen LogP contribution in [0.4, 0.5) is 5.82 Å². The van der Waals surface area contributed by atoms with Crippen LogP contribution in [0, 0.1) is 0 Å². The molecule has 0 unspecified atom stereocenters. The third kappa shape index (κ3) is 3.19. The molecule has 3 nitrogen and oxygen atoms in total. The topological polar surface area (TPSA) is 28.2 Å². The molecule has 4 heteroatoms. The first kappa shape index (κ1) is 12.8. The monoisotopic (exact) mass is 297 g/mol. The van der Waals surface area contributed by atoms with Crippen molar-refractivity contribution in [2.75, 3.05) is 18.5 Å². The molecule has 1 N–H and O–H groups in total. The minimum atomic E-state index is 0.722. The quantitative estimate of drug-likeness (QED) is 0.875. The Balaban J connectivity index is 2.27. The fourth-order valence-electron chi connectivity index (χ4n) is 2.14. The van der Waals surface area contributed by atoms with Crippen molar-refractivity contribution in [1.82, 2.24) is 10.3 Å². The Hall–Kier alpha value is -0.610. The van der Waals surface area contributed by atoms with Crippen molar-refractivity contribution >= 4 is 21.7 Å². The summed E-state index contributed by atoms with van der Waals surface area (Å²) >= 11 is 3.50. The van der Waals surface area contributed by atoms with Gasteiger partial charge in [-0.05, 0) is 48.3 Å². The van der Waals surface area contributed by atoms with E-state index in [1.807, 2.05) is 13.2 Å². The number of nitrogens with one attached hydrogen (secondary N) is 1. The van der Waals surface area contributed by atoms with E-state index in [4.69, 9.17) is 0 Å². The highest BCUT2D eigenvalue weighted by Crippen LogP contribution is 2.33. The summed E-state index contributed by atoms with van der Waals surface area (Å²) in [5, 5.41) is 3.22. The molecule has 1 fully saturated rings. The molecule has 1 aliphatic rings. The summed E-state index contributed by atoms with van der Waals surface area (Å²) in [6.45, 7) is 4.21. The summed E-state index contributed by atoms with van der Waals surface area (Å²) in [6, 6.07) is 2.89. The van der Waals surface area contributed by atoms with Crippen molar-refractivity contribution in [2.45, 2.75) is 38.8 Å². The van der Waals surface area contributed by atoms with Gasteiger partial charge in [0, 0.05) is 35.4 Å². The maximum absolute atomic E-state index is 4.62. The van der Waals surface area contributed by atoms with Gasteiger partial charge in [0.15, 0.2) is 0 Å². The Morgan fingerprint density at radius 3 is 2.88 bits per heavy atom. The SMILES string of the molecule is CCCN(c1ncc(Br)cc1CNC)C1CC1. The molecule has 1 aliphatic carbocycles. The van der Waals surface area contributed by atoms with Gasteiger partial charge in [-0.15, -0.1) is 0 Å². The van der Waals surface area contributed by atoms with Gasteiger partial charge in [-0.2, -0.15) is 0 Å². The van der Waals surface area contributed by atoms with E-state index in [0.29, 0.717) is 0 Å². The summed E-state index contributed by atoms with van der Waals surface area (Å²) in [7, 11) is 1.98. The first-order valence-electron chi connectivity index (χ1n) is 6.32. The van der Waals surface area contributed by atoms with Crippen molar-refractivity contribution in [2.24, 2.45) is 0 Å². The standard InChI is InChI=1S/C13H20BrN3/c1-3-6-17(12-4-5-12)13-10(8-15-2)7-11(14)9-16-13/h7,9,12,15H,3-6,8H2,1-2H3. The summed E-state index contributed by atoms with van der Waals surface area (Å²) in [6.07, 6.45) is 5.71. The van der Waals surface area contributed by atoms with Crippen LogP contribution in [0.1, 0.15) is 31.7 Å². The summed E-state index contributed by atoms with van der Waals surface area (Å²) < 4.78 is 1.05. The molecule has 0 radical (unpaired) electrons. The molecule has 0 aliphatic heterocycles. The predicted octanol–water partition coefficient (Wildman–Crippen LogP) is 2.94. The Kier molecular flexibility index (Phi) is 4.40. The zero-order valence-corrected chi connectivity index (χ0v) is 12.1. The second-order valence-electron chi connectivity index (χ2n) is 4.59. The van der Waals surface area contributed by atoms with Gasteiger partial charge in [-0.1, -0.05) is 6.92 Å². The molecule has 1 aromatic heterocycles. The van der Waals surface area contributed by atoms with E-state index < -0.39 is 0 Å². The Morgan fingerprint density at radius 1 is 1.53 bits per heavy atom. The molecule has 1 aromatic rings. The number of pyridine rings is 1. The second-order valence-corrected chi connectivity index (χ2v) is 5.51. The van der Waals surface area contributed by atoms with Crippen LogP contribution in [0.15, 0.2) is 16.7 Å².